The predicted octanol–water partition coefficient (Wildman–Crippen LogP) is 4.07. The molecule has 0 aliphatic rings. The Morgan fingerprint density at radius 3 is 2.36 bits per heavy atom. The maximum absolute atomic E-state index is 4.36. The third-order valence-electron chi connectivity index (χ3n) is 2.76. The number of pyridine rings is 1. The first kappa shape index (κ1) is 11.2. The summed E-state index contributed by atoms with van der Waals surface area (Å²) in [5.74, 6) is 0.721. The molecule has 1 nitrogen and oxygen atoms in total. The standard InChI is InChI=1S/C13H21N/c1-4-7-12(8-5-2)13-9-6-10-14-11(13)3/h6,9-10,12H,4-5,7-8H2,1-3H3. The topological polar surface area (TPSA) is 12.9 Å². The van der Waals surface area contributed by atoms with E-state index in [1.54, 1.807) is 0 Å². The normalized spacial score (nSPS) is 10.9. The van der Waals surface area contributed by atoms with Gasteiger partial charge in [-0.2, -0.15) is 0 Å². The SMILES string of the molecule is CCCC(CCC)c1cccnc1C. The molecule has 1 aromatic rings. The molecule has 0 N–H and O–H groups in total. The van der Waals surface area contributed by atoms with Gasteiger partial charge in [-0.15, -0.1) is 0 Å². The van der Waals surface area contributed by atoms with Crippen molar-refractivity contribution in [2.45, 2.75) is 52.4 Å². The second-order valence-corrected chi connectivity index (χ2v) is 3.95. The highest BCUT2D eigenvalue weighted by molar-refractivity contribution is 5.22. The molecule has 0 spiro atoms. The molecule has 0 amide bonds. The summed E-state index contributed by atoms with van der Waals surface area (Å²) in [6, 6.07) is 4.29. The smallest absolute Gasteiger partial charge is 0.0407 e. The van der Waals surface area contributed by atoms with Crippen molar-refractivity contribution in [3.63, 3.8) is 0 Å². The molecular formula is C13H21N. The summed E-state index contributed by atoms with van der Waals surface area (Å²) in [5.41, 5.74) is 2.66. The number of nitrogens with zero attached hydrogens (tertiary/aromatic N) is 1. The molecule has 0 atom stereocenters. The van der Waals surface area contributed by atoms with Crippen LogP contribution in [0.1, 0.15) is 56.7 Å². The second-order valence-electron chi connectivity index (χ2n) is 3.95. The Hall–Kier alpha value is -0.850. The third-order valence-corrected chi connectivity index (χ3v) is 2.76. The zero-order valence-electron chi connectivity index (χ0n) is 9.59. The Labute approximate surface area is 87.6 Å². The lowest BCUT2D eigenvalue weighted by Crippen LogP contribution is -2.01. The molecule has 14 heavy (non-hydrogen) atoms. The van der Waals surface area contributed by atoms with E-state index in [1.165, 1.54) is 36.9 Å². The highest BCUT2D eigenvalue weighted by atomic mass is 14.7. The summed E-state index contributed by atoms with van der Waals surface area (Å²) in [5, 5.41) is 0. The zero-order chi connectivity index (χ0) is 10.4. The second kappa shape index (κ2) is 5.79. The quantitative estimate of drug-likeness (QED) is 0.683. The van der Waals surface area contributed by atoms with Crippen LogP contribution in [0.4, 0.5) is 0 Å². The average Bonchev–Trinajstić information content (AvgIpc) is 2.18. The van der Waals surface area contributed by atoms with E-state index in [0.717, 1.165) is 5.92 Å². The van der Waals surface area contributed by atoms with Gasteiger partial charge < -0.3 is 0 Å². The van der Waals surface area contributed by atoms with Gasteiger partial charge in [0.25, 0.3) is 0 Å². The van der Waals surface area contributed by atoms with Crippen molar-refractivity contribution in [1.29, 1.82) is 0 Å². The van der Waals surface area contributed by atoms with Crippen LogP contribution >= 0.6 is 0 Å². The van der Waals surface area contributed by atoms with Gasteiger partial charge in [0.1, 0.15) is 0 Å². The van der Waals surface area contributed by atoms with Gasteiger partial charge in [0.15, 0.2) is 0 Å². The minimum absolute atomic E-state index is 0.721. The van der Waals surface area contributed by atoms with Crippen molar-refractivity contribution in [1.82, 2.24) is 4.98 Å². The Morgan fingerprint density at radius 2 is 1.86 bits per heavy atom. The lowest BCUT2D eigenvalue weighted by molar-refractivity contribution is 0.556. The molecule has 0 saturated carbocycles. The maximum Gasteiger partial charge on any atom is 0.0407 e. The first-order valence-electron chi connectivity index (χ1n) is 5.71. The number of aryl methyl sites for hydroxylation is 1. The van der Waals surface area contributed by atoms with Gasteiger partial charge in [-0.1, -0.05) is 32.8 Å². The molecule has 0 radical (unpaired) electrons. The highest BCUT2D eigenvalue weighted by Crippen LogP contribution is 2.27. The van der Waals surface area contributed by atoms with E-state index in [0.29, 0.717) is 0 Å². The van der Waals surface area contributed by atoms with Crippen LogP contribution in [0.3, 0.4) is 0 Å². The summed E-state index contributed by atoms with van der Waals surface area (Å²) in [4.78, 5) is 4.36. The summed E-state index contributed by atoms with van der Waals surface area (Å²) >= 11 is 0. The zero-order valence-corrected chi connectivity index (χ0v) is 9.59. The molecule has 0 unspecified atom stereocenters. The number of rotatable bonds is 5. The number of hydrogen-bond donors (Lipinski definition) is 0. The Morgan fingerprint density at radius 1 is 1.21 bits per heavy atom. The first-order chi connectivity index (χ1) is 6.79. The van der Waals surface area contributed by atoms with E-state index >= 15 is 0 Å². The fraction of sp³-hybridized carbons (Fsp3) is 0.615. The molecule has 0 aliphatic heterocycles. The minimum atomic E-state index is 0.721. The molecule has 1 rings (SSSR count). The van der Waals surface area contributed by atoms with Crippen molar-refractivity contribution in [2.24, 2.45) is 0 Å². The van der Waals surface area contributed by atoms with Gasteiger partial charge in [0.05, 0.1) is 0 Å². The summed E-state index contributed by atoms with van der Waals surface area (Å²) in [6.07, 6.45) is 6.99. The van der Waals surface area contributed by atoms with Gasteiger partial charge in [0.2, 0.25) is 0 Å². The van der Waals surface area contributed by atoms with Crippen LogP contribution in [-0.4, -0.2) is 4.98 Å². The molecule has 1 heterocycles. The van der Waals surface area contributed by atoms with Gasteiger partial charge in [-0.25, -0.2) is 0 Å². The van der Waals surface area contributed by atoms with Gasteiger partial charge >= 0.3 is 0 Å². The number of aromatic nitrogens is 1. The van der Waals surface area contributed by atoms with Crippen molar-refractivity contribution in [2.75, 3.05) is 0 Å². The average molecular weight is 191 g/mol. The lowest BCUT2D eigenvalue weighted by atomic mass is 9.90. The van der Waals surface area contributed by atoms with Crippen LogP contribution < -0.4 is 0 Å². The van der Waals surface area contributed by atoms with Gasteiger partial charge in [-0.3, -0.25) is 4.98 Å². The fourth-order valence-corrected chi connectivity index (χ4v) is 2.08. The van der Waals surface area contributed by atoms with E-state index in [9.17, 15) is 0 Å². The molecule has 78 valence electrons. The highest BCUT2D eigenvalue weighted by Gasteiger charge is 2.11. The molecule has 0 fully saturated rings. The summed E-state index contributed by atoms with van der Waals surface area (Å²) < 4.78 is 0. The third kappa shape index (κ3) is 2.83. The summed E-state index contributed by atoms with van der Waals surface area (Å²) in [6.45, 7) is 6.64. The largest absolute Gasteiger partial charge is 0.261 e. The van der Waals surface area contributed by atoms with Gasteiger partial charge in [-0.05, 0) is 37.3 Å². The van der Waals surface area contributed by atoms with E-state index in [2.05, 4.69) is 37.9 Å². The van der Waals surface area contributed by atoms with Crippen molar-refractivity contribution in [3.05, 3.63) is 29.6 Å². The summed E-state index contributed by atoms with van der Waals surface area (Å²) in [7, 11) is 0. The van der Waals surface area contributed by atoms with Crippen LogP contribution in [0.25, 0.3) is 0 Å². The van der Waals surface area contributed by atoms with E-state index in [-0.39, 0.29) is 0 Å². The lowest BCUT2D eigenvalue weighted by Gasteiger charge is -2.17. The van der Waals surface area contributed by atoms with Crippen LogP contribution in [-0.2, 0) is 0 Å². The molecule has 0 bridgehead atoms. The molecular weight excluding hydrogens is 170 g/mol. The van der Waals surface area contributed by atoms with E-state index < -0.39 is 0 Å². The minimum Gasteiger partial charge on any atom is -0.261 e. The van der Waals surface area contributed by atoms with Gasteiger partial charge in [0, 0.05) is 11.9 Å². The molecule has 0 saturated heterocycles. The fourth-order valence-electron chi connectivity index (χ4n) is 2.08. The van der Waals surface area contributed by atoms with Crippen molar-refractivity contribution in [3.8, 4) is 0 Å². The molecule has 0 aliphatic carbocycles. The van der Waals surface area contributed by atoms with Crippen LogP contribution in [0, 0.1) is 6.92 Å². The first-order valence-corrected chi connectivity index (χ1v) is 5.71. The van der Waals surface area contributed by atoms with E-state index in [4.69, 9.17) is 0 Å². The Kier molecular flexibility index (Phi) is 4.64. The maximum atomic E-state index is 4.36. The van der Waals surface area contributed by atoms with Crippen LogP contribution in [0.2, 0.25) is 0 Å². The predicted molar refractivity (Wildman–Crippen MR) is 61.5 cm³/mol. The van der Waals surface area contributed by atoms with Crippen LogP contribution in [0.5, 0.6) is 0 Å². The molecule has 1 heteroatoms. The van der Waals surface area contributed by atoms with Crippen molar-refractivity contribution >= 4 is 0 Å². The van der Waals surface area contributed by atoms with E-state index in [1.807, 2.05) is 6.20 Å². The number of hydrogen-bond acceptors (Lipinski definition) is 1. The molecule has 1 aromatic heterocycles. The molecule has 0 aromatic carbocycles. The monoisotopic (exact) mass is 191 g/mol. The Bertz CT molecular complexity index is 262. The van der Waals surface area contributed by atoms with Crippen molar-refractivity contribution < 1.29 is 0 Å². The van der Waals surface area contributed by atoms with Crippen LogP contribution in [0.15, 0.2) is 18.3 Å². The Balaban J connectivity index is 2.81.